The summed E-state index contributed by atoms with van der Waals surface area (Å²) in [7, 11) is 0. The van der Waals surface area contributed by atoms with Gasteiger partial charge in [-0.25, -0.2) is 9.37 Å². The zero-order chi connectivity index (χ0) is 19.3. The number of anilines is 1. The lowest BCUT2D eigenvalue weighted by Crippen LogP contribution is -2.51. The standard InChI is InChI=1S/C21H25FN6.HI/c22-17-6-8-18(9-7-17)26-12-14-27(15-13-26)21(23)24-10-3-11-28-16-25-19-4-1-2-5-20(19)28;/h1-2,4-9,16H,3,10-15H2,(H2,23,24);1H. The molecule has 0 unspecified atom stereocenters. The summed E-state index contributed by atoms with van der Waals surface area (Å²) < 4.78 is 15.2. The molecule has 4 rings (SSSR count). The van der Waals surface area contributed by atoms with Gasteiger partial charge in [0.2, 0.25) is 0 Å². The molecular weight excluding hydrogens is 482 g/mol. The Balaban J connectivity index is 0.00000240. The molecule has 2 aromatic carbocycles. The number of fused-ring (bicyclic) bond motifs is 1. The van der Waals surface area contributed by atoms with Gasteiger partial charge in [-0.15, -0.1) is 24.0 Å². The Morgan fingerprint density at radius 3 is 2.52 bits per heavy atom. The molecule has 3 aromatic rings. The van der Waals surface area contributed by atoms with E-state index in [9.17, 15) is 4.39 Å². The van der Waals surface area contributed by atoms with Crippen LogP contribution in [0.2, 0.25) is 0 Å². The summed E-state index contributed by atoms with van der Waals surface area (Å²) in [5, 5.41) is 0. The number of piperazine rings is 1. The van der Waals surface area contributed by atoms with Crippen molar-refractivity contribution in [2.24, 2.45) is 10.7 Å². The molecule has 0 aliphatic carbocycles. The quantitative estimate of drug-likeness (QED) is 0.249. The molecule has 2 N–H and O–H groups in total. The van der Waals surface area contributed by atoms with Gasteiger partial charge >= 0.3 is 0 Å². The maximum Gasteiger partial charge on any atom is 0.191 e. The van der Waals surface area contributed by atoms with Gasteiger partial charge in [0.15, 0.2) is 5.96 Å². The van der Waals surface area contributed by atoms with E-state index in [1.165, 1.54) is 12.1 Å². The van der Waals surface area contributed by atoms with Gasteiger partial charge < -0.3 is 20.1 Å². The van der Waals surface area contributed by atoms with Crippen molar-refractivity contribution in [3.8, 4) is 0 Å². The maximum atomic E-state index is 13.1. The van der Waals surface area contributed by atoms with E-state index in [0.717, 1.165) is 55.9 Å². The zero-order valence-corrected chi connectivity index (χ0v) is 18.6. The van der Waals surface area contributed by atoms with Crippen LogP contribution in [0.1, 0.15) is 6.42 Å². The molecule has 154 valence electrons. The van der Waals surface area contributed by atoms with Gasteiger partial charge in [-0.1, -0.05) is 12.1 Å². The highest BCUT2D eigenvalue weighted by Crippen LogP contribution is 2.17. The average Bonchev–Trinajstić information content (AvgIpc) is 3.15. The van der Waals surface area contributed by atoms with Crippen molar-refractivity contribution < 1.29 is 4.39 Å². The predicted octanol–water partition coefficient (Wildman–Crippen LogP) is 3.32. The summed E-state index contributed by atoms with van der Waals surface area (Å²) in [6.45, 7) is 4.90. The summed E-state index contributed by atoms with van der Waals surface area (Å²) in [5.41, 5.74) is 9.40. The lowest BCUT2D eigenvalue weighted by Gasteiger charge is -2.36. The molecule has 0 bridgehead atoms. The molecule has 0 spiro atoms. The minimum Gasteiger partial charge on any atom is -0.370 e. The van der Waals surface area contributed by atoms with Crippen LogP contribution >= 0.6 is 24.0 Å². The molecule has 1 fully saturated rings. The first-order valence-corrected chi connectivity index (χ1v) is 9.66. The summed E-state index contributed by atoms with van der Waals surface area (Å²) in [6.07, 6.45) is 2.79. The number of rotatable bonds is 5. The molecule has 0 amide bonds. The molecule has 1 saturated heterocycles. The average molecular weight is 508 g/mol. The predicted molar refractivity (Wildman–Crippen MR) is 126 cm³/mol. The van der Waals surface area contributed by atoms with Crippen LogP contribution in [0.4, 0.5) is 10.1 Å². The molecule has 8 heteroatoms. The number of guanidine groups is 1. The Hall–Kier alpha value is -2.36. The van der Waals surface area contributed by atoms with Crippen LogP contribution in [-0.4, -0.2) is 53.1 Å². The topological polar surface area (TPSA) is 62.7 Å². The van der Waals surface area contributed by atoms with Crippen molar-refractivity contribution in [3.05, 3.63) is 60.7 Å². The molecule has 1 aromatic heterocycles. The van der Waals surface area contributed by atoms with Crippen LogP contribution in [0.5, 0.6) is 0 Å². The van der Waals surface area contributed by atoms with E-state index in [2.05, 4.69) is 30.4 Å². The van der Waals surface area contributed by atoms with E-state index in [-0.39, 0.29) is 29.8 Å². The van der Waals surface area contributed by atoms with E-state index >= 15 is 0 Å². The Labute approximate surface area is 187 Å². The first-order chi connectivity index (χ1) is 13.7. The van der Waals surface area contributed by atoms with Gasteiger partial charge in [0, 0.05) is 45.0 Å². The van der Waals surface area contributed by atoms with E-state index in [1.54, 1.807) is 0 Å². The number of para-hydroxylation sites is 2. The van der Waals surface area contributed by atoms with Crippen molar-refractivity contribution in [1.82, 2.24) is 14.5 Å². The van der Waals surface area contributed by atoms with Gasteiger partial charge in [-0.05, 0) is 42.8 Å². The van der Waals surface area contributed by atoms with Crippen molar-refractivity contribution in [1.29, 1.82) is 0 Å². The molecule has 0 radical (unpaired) electrons. The molecule has 1 aliphatic rings. The highest BCUT2D eigenvalue weighted by atomic mass is 127. The molecule has 29 heavy (non-hydrogen) atoms. The summed E-state index contributed by atoms with van der Waals surface area (Å²) in [5.74, 6) is 0.400. The molecule has 0 saturated carbocycles. The number of aryl methyl sites for hydroxylation is 1. The van der Waals surface area contributed by atoms with Crippen molar-refractivity contribution in [2.75, 3.05) is 37.6 Å². The third-order valence-electron chi connectivity index (χ3n) is 5.15. The molecule has 2 heterocycles. The number of hydrogen-bond acceptors (Lipinski definition) is 3. The molecular formula is C21H26FIN6. The van der Waals surface area contributed by atoms with Gasteiger partial charge in [0.05, 0.1) is 17.4 Å². The fourth-order valence-corrected chi connectivity index (χ4v) is 3.57. The summed E-state index contributed by atoms with van der Waals surface area (Å²) >= 11 is 0. The zero-order valence-electron chi connectivity index (χ0n) is 16.2. The van der Waals surface area contributed by atoms with Crippen LogP contribution in [0.3, 0.4) is 0 Å². The Kier molecular flexibility index (Phi) is 7.29. The van der Waals surface area contributed by atoms with Gasteiger partial charge in [0.1, 0.15) is 5.82 Å². The second kappa shape index (κ2) is 9.91. The normalized spacial score (nSPS) is 14.9. The van der Waals surface area contributed by atoms with Crippen LogP contribution in [0.25, 0.3) is 11.0 Å². The van der Waals surface area contributed by atoms with Gasteiger partial charge in [0.25, 0.3) is 0 Å². The number of aromatic nitrogens is 2. The van der Waals surface area contributed by atoms with Crippen LogP contribution in [0.15, 0.2) is 59.9 Å². The van der Waals surface area contributed by atoms with E-state index in [4.69, 9.17) is 5.73 Å². The fraction of sp³-hybridized carbons (Fsp3) is 0.333. The minimum absolute atomic E-state index is 0. The van der Waals surface area contributed by atoms with E-state index in [0.29, 0.717) is 12.5 Å². The second-order valence-corrected chi connectivity index (χ2v) is 6.97. The highest BCUT2D eigenvalue weighted by molar-refractivity contribution is 14.0. The number of imidazole rings is 1. The third-order valence-corrected chi connectivity index (χ3v) is 5.15. The molecule has 6 nitrogen and oxygen atoms in total. The van der Waals surface area contributed by atoms with Gasteiger partial charge in [-0.3, -0.25) is 4.99 Å². The van der Waals surface area contributed by atoms with E-state index in [1.807, 2.05) is 36.7 Å². The SMILES string of the molecule is I.NC(=NCCCn1cnc2ccccc21)N1CCN(c2ccc(F)cc2)CC1. The molecule has 0 atom stereocenters. The maximum absolute atomic E-state index is 13.1. The minimum atomic E-state index is -0.206. The van der Waals surface area contributed by atoms with Crippen molar-refractivity contribution >= 4 is 46.7 Å². The number of aliphatic imine (C=N–C) groups is 1. The Bertz CT molecular complexity index is 947. The summed E-state index contributed by atoms with van der Waals surface area (Å²) in [6, 6.07) is 14.8. The fourth-order valence-electron chi connectivity index (χ4n) is 3.57. The lowest BCUT2D eigenvalue weighted by molar-refractivity contribution is 0.380. The number of hydrogen-bond donors (Lipinski definition) is 1. The number of nitrogens with two attached hydrogens (primary N) is 1. The van der Waals surface area contributed by atoms with Crippen molar-refractivity contribution in [3.63, 3.8) is 0 Å². The summed E-state index contributed by atoms with van der Waals surface area (Å²) in [4.78, 5) is 13.3. The lowest BCUT2D eigenvalue weighted by atomic mass is 10.2. The first kappa shape index (κ1) is 21.4. The van der Waals surface area contributed by atoms with Crippen LogP contribution in [-0.2, 0) is 6.54 Å². The smallest absolute Gasteiger partial charge is 0.191 e. The number of benzene rings is 2. The highest BCUT2D eigenvalue weighted by Gasteiger charge is 2.18. The second-order valence-electron chi connectivity index (χ2n) is 6.97. The number of nitrogens with zero attached hydrogens (tertiary/aromatic N) is 5. The number of halogens is 2. The first-order valence-electron chi connectivity index (χ1n) is 9.66. The van der Waals surface area contributed by atoms with E-state index < -0.39 is 0 Å². The van der Waals surface area contributed by atoms with Crippen LogP contribution < -0.4 is 10.6 Å². The van der Waals surface area contributed by atoms with Crippen molar-refractivity contribution in [2.45, 2.75) is 13.0 Å². The van der Waals surface area contributed by atoms with Gasteiger partial charge in [-0.2, -0.15) is 0 Å². The monoisotopic (exact) mass is 508 g/mol. The third kappa shape index (κ3) is 5.17. The molecule has 1 aliphatic heterocycles. The largest absolute Gasteiger partial charge is 0.370 e. The Morgan fingerprint density at radius 1 is 1.03 bits per heavy atom. The van der Waals surface area contributed by atoms with Crippen LogP contribution in [0, 0.1) is 5.82 Å². The Morgan fingerprint density at radius 2 is 1.76 bits per heavy atom.